The fourth-order valence-electron chi connectivity index (χ4n) is 3.45. The zero-order valence-corrected chi connectivity index (χ0v) is 19.8. The second-order valence-corrected chi connectivity index (χ2v) is 8.23. The molecule has 1 N–H and O–H groups in total. The van der Waals surface area contributed by atoms with Crippen molar-refractivity contribution in [3.63, 3.8) is 0 Å². The number of hydrogen-bond acceptors (Lipinski definition) is 6. The molecule has 3 amide bonds. The number of imide groups is 1. The summed E-state index contributed by atoms with van der Waals surface area (Å²) in [6, 6.07) is 2.57. The van der Waals surface area contributed by atoms with E-state index in [-0.39, 0.29) is 17.8 Å². The van der Waals surface area contributed by atoms with E-state index in [0.29, 0.717) is 52.7 Å². The number of alkyl halides is 3. The first-order valence-corrected chi connectivity index (χ1v) is 10.5. The summed E-state index contributed by atoms with van der Waals surface area (Å²) in [6.45, 7) is 2.88. The number of urea groups is 1. The van der Waals surface area contributed by atoms with Crippen LogP contribution in [0.15, 0.2) is 24.3 Å². The van der Waals surface area contributed by atoms with Crippen molar-refractivity contribution in [2.45, 2.75) is 13.1 Å². The van der Waals surface area contributed by atoms with Crippen LogP contribution in [0.25, 0.3) is 11.0 Å². The molecule has 0 radical (unpaired) electrons. The Bertz CT molecular complexity index is 1260. The largest absolute Gasteiger partial charge is 0.419 e. The van der Waals surface area contributed by atoms with Gasteiger partial charge in [-0.05, 0) is 45.3 Å². The van der Waals surface area contributed by atoms with Gasteiger partial charge in [-0.2, -0.15) is 18.3 Å². The minimum absolute atomic E-state index is 0.112. The Kier molecular flexibility index (Phi) is 7.29. The van der Waals surface area contributed by atoms with E-state index >= 15 is 0 Å². The third-order valence-electron chi connectivity index (χ3n) is 5.31. The molecule has 2 heterocycles. The van der Waals surface area contributed by atoms with Crippen molar-refractivity contribution in [3.8, 4) is 0 Å². The molecule has 0 aliphatic carbocycles. The van der Waals surface area contributed by atoms with Gasteiger partial charge in [0.05, 0.1) is 16.9 Å². The lowest BCUT2D eigenvalue weighted by molar-refractivity contribution is -0.139. The molecule has 0 aliphatic rings. The van der Waals surface area contributed by atoms with Crippen molar-refractivity contribution in [2.24, 2.45) is 7.05 Å². The van der Waals surface area contributed by atoms with Crippen molar-refractivity contribution < 1.29 is 27.2 Å². The molecule has 1 aromatic carbocycles. The first-order chi connectivity index (χ1) is 16.3. The van der Waals surface area contributed by atoms with Crippen molar-refractivity contribution >= 4 is 40.7 Å². The Hall–Kier alpha value is -3.74. The SMILES string of the molecule is Cc1nn(C)c2nc(N(C)CCN(C)C)c(N(C=O)C(=O)Nc3ccc(F)c(C(F)(F)F)c3)cc12. The number of rotatable bonds is 7. The smallest absolute Gasteiger partial charge is 0.357 e. The minimum Gasteiger partial charge on any atom is -0.357 e. The molecule has 9 nitrogen and oxygen atoms in total. The first-order valence-electron chi connectivity index (χ1n) is 10.5. The van der Waals surface area contributed by atoms with E-state index in [1.807, 2.05) is 19.0 Å². The van der Waals surface area contributed by atoms with Crippen LogP contribution in [0.3, 0.4) is 0 Å². The second kappa shape index (κ2) is 9.86. The number of likely N-dealkylation sites (N-methyl/N-ethyl adjacent to an activating group) is 2. The van der Waals surface area contributed by atoms with E-state index in [0.717, 1.165) is 6.07 Å². The predicted octanol–water partition coefficient (Wildman–Crippen LogP) is 3.63. The molecule has 0 spiro atoms. The molecule has 13 heteroatoms. The molecule has 0 saturated carbocycles. The van der Waals surface area contributed by atoms with Crippen LogP contribution in [0.5, 0.6) is 0 Å². The number of amides is 3. The number of benzene rings is 1. The molecule has 3 rings (SSSR count). The summed E-state index contributed by atoms with van der Waals surface area (Å²) in [7, 11) is 7.22. The minimum atomic E-state index is -4.95. The number of anilines is 3. The standard InChI is InChI=1S/C22H25F4N7O2/c1-13-15-11-18(20(28-19(15)32(5)29-13)31(4)9-8-30(2)3)33(12-34)21(35)27-14-6-7-17(23)16(10-14)22(24,25)26/h6-7,10-12H,8-9H2,1-5H3,(H,27,35). The number of aryl methyl sites for hydroxylation is 2. The average Bonchev–Trinajstić information content (AvgIpc) is 3.05. The van der Waals surface area contributed by atoms with Gasteiger partial charge in [-0.25, -0.2) is 19.1 Å². The number of fused-ring (bicyclic) bond motifs is 1. The van der Waals surface area contributed by atoms with Gasteiger partial charge in [0.25, 0.3) is 0 Å². The number of aromatic nitrogens is 3. The fourth-order valence-corrected chi connectivity index (χ4v) is 3.45. The zero-order chi connectivity index (χ0) is 26.1. The first kappa shape index (κ1) is 25.9. The molecule has 0 aliphatic heterocycles. The predicted molar refractivity (Wildman–Crippen MR) is 124 cm³/mol. The van der Waals surface area contributed by atoms with Gasteiger partial charge in [0.15, 0.2) is 11.5 Å². The van der Waals surface area contributed by atoms with E-state index in [9.17, 15) is 27.2 Å². The fraction of sp³-hybridized carbons (Fsp3) is 0.364. The van der Waals surface area contributed by atoms with Crippen LogP contribution in [-0.4, -0.2) is 66.3 Å². The van der Waals surface area contributed by atoms with Gasteiger partial charge < -0.3 is 15.1 Å². The average molecular weight is 495 g/mol. The number of carbonyl (C=O) groups is 2. The van der Waals surface area contributed by atoms with Crippen LogP contribution in [0.4, 0.5) is 39.5 Å². The molecule has 0 saturated heterocycles. The van der Waals surface area contributed by atoms with E-state index in [1.54, 1.807) is 36.7 Å². The molecule has 35 heavy (non-hydrogen) atoms. The van der Waals surface area contributed by atoms with E-state index in [1.165, 1.54) is 0 Å². The maximum absolute atomic E-state index is 13.6. The van der Waals surface area contributed by atoms with Gasteiger partial charge in [0.2, 0.25) is 6.41 Å². The van der Waals surface area contributed by atoms with Crippen molar-refractivity contribution in [1.82, 2.24) is 19.7 Å². The molecular formula is C22H25F4N7O2. The number of hydrogen-bond donors (Lipinski definition) is 1. The van der Waals surface area contributed by atoms with Crippen LogP contribution in [0.1, 0.15) is 11.3 Å². The van der Waals surface area contributed by atoms with E-state index < -0.39 is 23.6 Å². The lowest BCUT2D eigenvalue weighted by Crippen LogP contribution is -2.36. The second-order valence-electron chi connectivity index (χ2n) is 8.23. The molecule has 0 bridgehead atoms. The summed E-state index contributed by atoms with van der Waals surface area (Å²) in [5.41, 5.74) is -0.618. The summed E-state index contributed by atoms with van der Waals surface area (Å²) in [5.74, 6) is -1.19. The van der Waals surface area contributed by atoms with E-state index in [2.05, 4.69) is 15.4 Å². The van der Waals surface area contributed by atoms with Crippen molar-refractivity contribution in [3.05, 3.63) is 41.3 Å². The van der Waals surface area contributed by atoms with Crippen LogP contribution >= 0.6 is 0 Å². The van der Waals surface area contributed by atoms with Gasteiger partial charge >= 0.3 is 12.2 Å². The molecule has 0 atom stereocenters. The van der Waals surface area contributed by atoms with Gasteiger partial charge in [0, 0.05) is 38.3 Å². The quantitative estimate of drug-likeness (QED) is 0.398. The van der Waals surface area contributed by atoms with E-state index in [4.69, 9.17) is 0 Å². The molecule has 3 aromatic rings. The van der Waals surface area contributed by atoms with Crippen molar-refractivity contribution in [1.29, 1.82) is 0 Å². The molecule has 2 aromatic heterocycles. The van der Waals surface area contributed by atoms with Crippen LogP contribution in [-0.2, 0) is 18.0 Å². The number of pyridine rings is 1. The Morgan fingerprint density at radius 1 is 1.17 bits per heavy atom. The number of nitrogens with zero attached hydrogens (tertiary/aromatic N) is 6. The Morgan fingerprint density at radius 3 is 2.46 bits per heavy atom. The van der Waals surface area contributed by atoms with Crippen LogP contribution < -0.4 is 15.1 Å². The van der Waals surface area contributed by atoms with Crippen LogP contribution in [0, 0.1) is 12.7 Å². The summed E-state index contributed by atoms with van der Waals surface area (Å²) in [6.07, 6.45) is -4.72. The monoisotopic (exact) mass is 495 g/mol. The highest BCUT2D eigenvalue weighted by Gasteiger charge is 2.34. The topological polar surface area (TPSA) is 86.6 Å². The highest BCUT2D eigenvalue weighted by molar-refractivity contribution is 6.14. The molecule has 0 unspecified atom stereocenters. The van der Waals surface area contributed by atoms with Gasteiger partial charge in [-0.3, -0.25) is 9.48 Å². The maximum Gasteiger partial charge on any atom is 0.419 e. The summed E-state index contributed by atoms with van der Waals surface area (Å²) in [5, 5.41) is 7.14. The molecule has 188 valence electrons. The third kappa shape index (κ3) is 5.50. The summed E-state index contributed by atoms with van der Waals surface area (Å²) in [4.78, 5) is 34.0. The van der Waals surface area contributed by atoms with Gasteiger partial charge in [-0.1, -0.05) is 0 Å². The summed E-state index contributed by atoms with van der Waals surface area (Å²) < 4.78 is 54.4. The molecule has 0 fully saturated rings. The molecular weight excluding hydrogens is 470 g/mol. The lowest BCUT2D eigenvalue weighted by atomic mass is 10.2. The lowest BCUT2D eigenvalue weighted by Gasteiger charge is -2.26. The number of halogens is 4. The highest BCUT2D eigenvalue weighted by Crippen LogP contribution is 2.34. The van der Waals surface area contributed by atoms with Crippen molar-refractivity contribution in [2.75, 3.05) is 49.3 Å². The summed E-state index contributed by atoms with van der Waals surface area (Å²) >= 11 is 0. The Labute approximate surface area is 198 Å². The Balaban J connectivity index is 2.04. The highest BCUT2D eigenvalue weighted by atomic mass is 19.4. The maximum atomic E-state index is 13.6. The zero-order valence-electron chi connectivity index (χ0n) is 19.8. The normalized spacial score (nSPS) is 11.7. The number of carbonyl (C=O) groups excluding carboxylic acids is 2. The van der Waals surface area contributed by atoms with Crippen LogP contribution in [0.2, 0.25) is 0 Å². The Morgan fingerprint density at radius 2 is 1.86 bits per heavy atom. The van der Waals surface area contributed by atoms with Gasteiger partial charge in [-0.15, -0.1) is 0 Å². The third-order valence-corrected chi connectivity index (χ3v) is 5.31. The van der Waals surface area contributed by atoms with Gasteiger partial charge in [0.1, 0.15) is 5.82 Å². The number of nitrogens with one attached hydrogen (secondary N) is 1.